The number of amides is 1. The fraction of sp³-hybridized carbons (Fsp3) is 0.357. The second-order valence-electron chi connectivity index (χ2n) is 4.79. The molecule has 1 amide bonds. The van der Waals surface area contributed by atoms with E-state index in [0.29, 0.717) is 16.4 Å². The molecule has 0 bridgehead atoms. The normalized spacial score (nSPS) is 12.1. The third-order valence-corrected chi connectivity index (χ3v) is 3.22. The minimum Gasteiger partial charge on any atom is -0.324 e. The molecule has 3 N–H and O–H groups in total. The van der Waals surface area contributed by atoms with Gasteiger partial charge in [0.15, 0.2) is 0 Å². The fourth-order valence-corrected chi connectivity index (χ4v) is 2.03. The van der Waals surface area contributed by atoms with Crippen molar-refractivity contribution in [3.8, 4) is 0 Å². The SMILES string of the molecule is CCCC(N)c1cn(CC(=O)Nc2ccc(Cl)cc2)nn1. The molecule has 2 rings (SSSR count). The summed E-state index contributed by atoms with van der Waals surface area (Å²) in [6, 6.07) is 6.78. The number of nitrogens with one attached hydrogen (secondary N) is 1. The van der Waals surface area contributed by atoms with Crippen LogP contribution in [0.2, 0.25) is 5.02 Å². The Morgan fingerprint density at radius 3 is 2.81 bits per heavy atom. The first-order chi connectivity index (χ1) is 10.1. The lowest BCUT2D eigenvalue weighted by molar-refractivity contribution is -0.116. The van der Waals surface area contributed by atoms with Gasteiger partial charge in [-0.2, -0.15) is 0 Å². The van der Waals surface area contributed by atoms with Gasteiger partial charge >= 0.3 is 0 Å². The van der Waals surface area contributed by atoms with Gasteiger partial charge in [-0.15, -0.1) is 5.10 Å². The number of carbonyl (C=O) groups is 1. The number of carbonyl (C=O) groups excluding carboxylic acids is 1. The quantitative estimate of drug-likeness (QED) is 0.858. The Kier molecular flexibility index (Phi) is 5.30. The lowest BCUT2D eigenvalue weighted by atomic mass is 10.1. The zero-order valence-electron chi connectivity index (χ0n) is 11.8. The van der Waals surface area contributed by atoms with Crippen molar-refractivity contribution in [1.29, 1.82) is 0 Å². The third-order valence-electron chi connectivity index (χ3n) is 2.97. The van der Waals surface area contributed by atoms with Crippen molar-refractivity contribution < 1.29 is 4.79 Å². The number of nitrogens with zero attached hydrogens (tertiary/aromatic N) is 3. The summed E-state index contributed by atoms with van der Waals surface area (Å²) in [4.78, 5) is 11.9. The van der Waals surface area contributed by atoms with Gasteiger partial charge in [-0.1, -0.05) is 30.2 Å². The number of aromatic nitrogens is 3. The summed E-state index contributed by atoms with van der Waals surface area (Å²) in [6.45, 7) is 2.15. The van der Waals surface area contributed by atoms with Crippen molar-refractivity contribution in [1.82, 2.24) is 15.0 Å². The van der Waals surface area contributed by atoms with Gasteiger partial charge in [0.1, 0.15) is 6.54 Å². The zero-order chi connectivity index (χ0) is 15.2. The Morgan fingerprint density at radius 1 is 1.43 bits per heavy atom. The van der Waals surface area contributed by atoms with Crippen LogP contribution in [0.4, 0.5) is 5.69 Å². The fourth-order valence-electron chi connectivity index (χ4n) is 1.90. The van der Waals surface area contributed by atoms with Crippen molar-refractivity contribution in [3.05, 3.63) is 41.2 Å². The zero-order valence-corrected chi connectivity index (χ0v) is 12.5. The maximum absolute atomic E-state index is 11.9. The van der Waals surface area contributed by atoms with Gasteiger partial charge < -0.3 is 11.1 Å². The van der Waals surface area contributed by atoms with Crippen LogP contribution in [0, 0.1) is 0 Å². The Balaban J connectivity index is 1.92. The number of anilines is 1. The van der Waals surface area contributed by atoms with E-state index < -0.39 is 0 Å². The molecule has 0 spiro atoms. The van der Waals surface area contributed by atoms with Gasteiger partial charge in [0, 0.05) is 10.7 Å². The summed E-state index contributed by atoms with van der Waals surface area (Å²) in [6.07, 6.45) is 3.53. The first-order valence-electron chi connectivity index (χ1n) is 6.79. The number of halogens is 1. The van der Waals surface area contributed by atoms with E-state index in [9.17, 15) is 4.79 Å². The molecule has 1 heterocycles. The van der Waals surface area contributed by atoms with Gasteiger partial charge in [0.25, 0.3) is 0 Å². The van der Waals surface area contributed by atoms with E-state index in [2.05, 4.69) is 22.6 Å². The molecule has 0 aliphatic heterocycles. The number of hydrogen-bond acceptors (Lipinski definition) is 4. The highest BCUT2D eigenvalue weighted by molar-refractivity contribution is 6.30. The summed E-state index contributed by atoms with van der Waals surface area (Å²) in [7, 11) is 0. The maximum Gasteiger partial charge on any atom is 0.246 e. The molecule has 2 aromatic rings. The monoisotopic (exact) mass is 307 g/mol. The number of benzene rings is 1. The van der Waals surface area contributed by atoms with Gasteiger partial charge in [0.2, 0.25) is 5.91 Å². The predicted octanol–water partition coefficient (Wildman–Crippen LogP) is 2.37. The minimum atomic E-state index is -0.183. The highest BCUT2D eigenvalue weighted by Crippen LogP contribution is 2.14. The van der Waals surface area contributed by atoms with E-state index in [1.807, 2.05) is 0 Å². The Bertz CT molecular complexity index is 596. The van der Waals surface area contributed by atoms with Crippen LogP contribution in [0.1, 0.15) is 31.5 Å². The molecule has 21 heavy (non-hydrogen) atoms. The highest BCUT2D eigenvalue weighted by Gasteiger charge is 2.11. The van der Waals surface area contributed by atoms with E-state index >= 15 is 0 Å². The summed E-state index contributed by atoms with van der Waals surface area (Å²) >= 11 is 5.79. The molecule has 1 atom stereocenters. The number of rotatable bonds is 6. The molecule has 7 heteroatoms. The van der Waals surface area contributed by atoms with Gasteiger partial charge in [0.05, 0.1) is 17.9 Å². The summed E-state index contributed by atoms with van der Waals surface area (Å²) in [5.41, 5.74) is 7.35. The van der Waals surface area contributed by atoms with Crippen molar-refractivity contribution in [2.24, 2.45) is 5.73 Å². The number of hydrogen-bond donors (Lipinski definition) is 2. The molecule has 1 aromatic carbocycles. The lowest BCUT2D eigenvalue weighted by Crippen LogP contribution is -2.19. The van der Waals surface area contributed by atoms with E-state index in [1.54, 1.807) is 30.5 Å². The summed E-state index contributed by atoms with van der Waals surface area (Å²) < 4.78 is 1.48. The second-order valence-corrected chi connectivity index (χ2v) is 5.23. The highest BCUT2D eigenvalue weighted by atomic mass is 35.5. The Labute approximate surface area is 128 Å². The van der Waals surface area contributed by atoms with E-state index in [4.69, 9.17) is 17.3 Å². The van der Waals surface area contributed by atoms with Crippen LogP contribution in [-0.4, -0.2) is 20.9 Å². The largest absolute Gasteiger partial charge is 0.324 e. The predicted molar refractivity (Wildman–Crippen MR) is 81.9 cm³/mol. The van der Waals surface area contributed by atoms with Crippen LogP contribution < -0.4 is 11.1 Å². The van der Waals surface area contributed by atoms with Gasteiger partial charge in [-0.3, -0.25) is 4.79 Å². The second kappa shape index (κ2) is 7.19. The van der Waals surface area contributed by atoms with Gasteiger partial charge in [-0.25, -0.2) is 4.68 Å². The van der Waals surface area contributed by atoms with Crippen LogP contribution in [0.5, 0.6) is 0 Å². The molecule has 0 radical (unpaired) electrons. The van der Waals surface area contributed by atoms with Crippen LogP contribution in [-0.2, 0) is 11.3 Å². The third kappa shape index (κ3) is 4.54. The van der Waals surface area contributed by atoms with Crippen molar-refractivity contribution in [2.75, 3.05) is 5.32 Å². The molecule has 112 valence electrons. The molecule has 0 aliphatic rings. The van der Waals surface area contributed by atoms with Crippen molar-refractivity contribution >= 4 is 23.2 Å². The summed E-state index contributed by atoms with van der Waals surface area (Å²) in [5, 5.41) is 11.3. The van der Waals surface area contributed by atoms with Gasteiger partial charge in [-0.05, 0) is 30.7 Å². The van der Waals surface area contributed by atoms with Crippen molar-refractivity contribution in [3.63, 3.8) is 0 Å². The van der Waals surface area contributed by atoms with Crippen LogP contribution in [0.3, 0.4) is 0 Å². The van der Waals surface area contributed by atoms with E-state index in [0.717, 1.165) is 12.8 Å². The molecular formula is C14H18ClN5O. The molecule has 6 nitrogen and oxygen atoms in total. The summed E-state index contributed by atoms with van der Waals surface area (Å²) in [5.74, 6) is -0.183. The van der Waals surface area contributed by atoms with E-state index in [-0.39, 0.29) is 18.5 Å². The molecule has 1 unspecified atom stereocenters. The Hall–Kier alpha value is -1.92. The standard InChI is InChI=1S/C14H18ClN5O/c1-2-3-12(16)13-8-20(19-18-13)9-14(21)17-11-6-4-10(15)5-7-11/h4-8,12H,2-3,9,16H2,1H3,(H,17,21). The molecule has 1 aromatic heterocycles. The molecule has 0 aliphatic carbocycles. The molecular weight excluding hydrogens is 290 g/mol. The number of nitrogens with two attached hydrogens (primary N) is 1. The topological polar surface area (TPSA) is 85.8 Å². The van der Waals surface area contributed by atoms with Crippen LogP contribution >= 0.6 is 11.6 Å². The van der Waals surface area contributed by atoms with E-state index in [1.165, 1.54) is 4.68 Å². The van der Waals surface area contributed by atoms with Crippen molar-refractivity contribution in [2.45, 2.75) is 32.4 Å². The molecule has 0 saturated heterocycles. The maximum atomic E-state index is 11.9. The average Bonchev–Trinajstić information content (AvgIpc) is 2.90. The van der Waals surface area contributed by atoms with Crippen LogP contribution in [0.25, 0.3) is 0 Å². The molecule has 0 fully saturated rings. The first-order valence-corrected chi connectivity index (χ1v) is 7.17. The van der Waals surface area contributed by atoms with Crippen LogP contribution in [0.15, 0.2) is 30.5 Å². The molecule has 0 saturated carbocycles. The Morgan fingerprint density at radius 2 is 2.14 bits per heavy atom. The smallest absolute Gasteiger partial charge is 0.246 e. The minimum absolute atomic E-state index is 0.0917. The lowest BCUT2D eigenvalue weighted by Gasteiger charge is -2.05. The first kappa shape index (κ1) is 15.5. The average molecular weight is 308 g/mol.